The Hall–Kier alpha value is -0.360. The zero-order valence-electron chi connectivity index (χ0n) is 4.62. The van der Waals surface area contributed by atoms with Crippen LogP contribution in [0.2, 0.25) is 0 Å². The molecule has 10 heavy (non-hydrogen) atoms. The van der Waals surface area contributed by atoms with Crippen LogP contribution >= 0.6 is 28.3 Å². The van der Waals surface area contributed by atoms with E-state index in [1.807, 2.05) is 0 Å². The van der Waals surface area contributed by atoms with Crippen molar-refractivity contribution in [2.75, 3.05) is 0 Å². The van der Waals surface area contributed by atoms with E-state index in [2.05, 4.69) is 20.9 Å². The molecule has 0 aromatic carbocycles. The monoisotopic (exact) mass is 224 g/mol. The lowest BCUT2D eigenvalue weighted by atomic mass is 10.6. The molecule has 0 saturated carbocycles. The van der Waals surface area contributed by atoms with Gasteiger partial charge in [0, 0.05) is 0 Å². The summed E-state index contributed by atoms with van der Waals surface area (Å²) in [5.41, 5.74) is 0.194. The average molecular weight is 225 g/mol. The SMILES string of the molecule is O=Cc1cnc(Br)n1SF. The quantitative estimate of drug-likeness (QED) is 0.720. The fourth-order valence-corrected chi connectivity index (χ4v) is 1.22. The summed E-state index contributed by atoms with van der Waals surface area (Å²) >= 11 is 2.88. The van der Waals surface area contributed by atoms with E-state index in [0.717, 1.165) is 3.97 Å². The highest BCUT2D eigenvalue weighted by Crippen LogP contribution is 2.18. The summed E-state index contributed by atoms with van der Waals surface area (Å²) in [7, 11) is 0. The number of carbonyl (C=O) groups excluding carboxylic acids is 1. The van der Waals surface area contributed by atoms with Crippen LogP contribution < -0.4 is 0 Å². The zero-order chi connectivity index (χ0) is 7.56. The Morgan fingerprint density at radius 1 is 1.90 bits per heavy atom. The summed E-state index contributed by atoms with van der Waals surface area (Å²) < 4.78 is 13.2. The highest BCUT2D eigenvalue weighted by Gasteiger charge is 2.06. The van der Waals surface area contributed by atoms with Crippen LogP contribution in [0.3, 0.4) is 0 Å². The molecule has 0 unspecified atom stereocenters. The molecular weight excluding hydrogens is 223 g/mol. The third-order valence-electron chi connectivity index (χ3n) is 0.895. The van der Waals surface area contributed by atoms with E-state index in [0.29, 0.717) is 11.0 Å². The van der Waals surface area contributed by atoms with Gasteiger partial charge in [0.25, 0.3) is 0 Å². The third-order valence-corrected chi connectivity index (χ3v) is 2.21. The van der Waals surface area contributed by atoms with Crippen molar-refractivity contribution in [2.24, 2.45) is 0 Å². The van der Waals surface area contributed by atoms with E-state index in [4.69, 9.17) is 0 Å². The number of aldehydes is 1. The van der Waals surface area contributed by atoms with E-state index in [1.165, 1.54) is 6.20 Å². The number of hydrogen-bond acceptors (Lipinski definition) is 3. The van der Waals surface area contributed by atoms with Crippen molar-refractivity contribution in [3.8, 4) is 0 Å². The first-order chi connectivity index (χ1) is 4.79. The second kappa shape index (κ2) is 3.16. The molecule has 0 aliphatic carbocycles. The summed E-state index contributed by atoms with van der Waals surface area (Å²) in [4.78, 5) is 13.8. The smallest absolute Gasteiger partial charge is 0.189 e. The first-order valence-electron chi connectivity index (χ1n) is 2.27. The molecule has 1 heterocycles. The fraction of sp³-hybridized carbons (Fsp3) is 0. The Bertz CT molecular complexity index is 251. The second-order valence-electron chi connectivity index (χ2n) is 1.43. The second-order valence-corrected chi connectivity index (χ2v) is 2.65. The van der Waals surface area contributed by atoms with E-state index >= 15 is 0 Å². The highest BCUT2D eigenvalue weighted by atomic mass is 79.9. The minimum absolute atomic E-state index is 0.0707. The molecule has 0 radical (unpaired) electrons. The lowest BCUT2D eigenvalue weighted by Crippen LogP contribution is -1.89. The molecule has 0 amide bonds. The van der Waals surface area contributed by atoms with Gasteiger partial charge in [-0.2, -0.15) is 0 Å². The standard InChI is InChI=1S/C4H2BrFN2OS/c5-4-7-1-3(2-9)8(4)10-6/h1-2H. The van der Waals surface area contributed by atoms with Crippen molar-refractivity contribution in [2.45, 2.75) is 0 Å². The van der Waals surface area contributed by atoms with Crippen LogP contribution in [-0.4, -0.2) is 15.2 Å². The summed E-state index contributed by atoms with van der Waals surface area (Å²) in [6, 6.07) is 0. The van der Waals surface area contributed by atoms with Crippen LogP contribution in [-0.2, 0) is 0 Å². The van der Waals surface area contributed by atoms with Gasteiger partial charge in [-0.3, -0.25) is 4.79 Å². The molecule has 0 fully saturated rings. The molecule has 1 aromatic heterocycles. The predicted octanol–water partition coefficient (Wildman–Crippen LogP) is 1.84. The number of imidazole rings is 1. The van der Waals surface area contributed by atoms with Crippen LogP contribution in [0.4, 0.5) is 3.89 Å². The molecule has 0 aliphatic heterocycles. The van der Waals surface area contributed by atoms with Gasteiger partial charge in [-0.15, -0.1) is 3.89 Å². The maximum Gasteiger partial charge on any atom is 0.189 e. The molecule has 0 atom stereocenters. The Morgan fingerprint density at radius 3 is 3.00 bits per heavy atom. The van der Waals surface area contributed by atoms with Gasteiger partial charge >= 0.3 is 0 Å². The Kier molecular flexibility index (Phi) is 2.44. The van der Waals surface area contributed by atoms with Crippen molar-refractivity contribution in [3.05, 3.63) is 16.6 Å². The molecule has 0 spiro atoms. The fourth-order valence-electron chi connectivity index (χ4n) is 0.477. The van der Waals surface area contributed by atoms with Crippen LogP contribution in [0, 0.1) is 0 Å². The van der Waals surface area contributed by atoms with E-state index in [-0.39, 0.29) is 18.0 Å². The van der Waals surface area contributed by atoms with Gasteiger partial charge in [-0.05, 0) is 15.9 Å². The van der Waals surface area contributed by atoms with Gasteiger partial charge in [0.1, 0.15) is 5.69 Å². The summed E-state index contributed by atoms with van der Waals surface area (Å²) in [5, 5.41) is 0. The lowest BCUT2D eigenvalue weighted by molar-refractivity contribution is 0.111. The molecule has 54 valence electrons. The first-order valence-corrected chi connectivity index (χ1v) is 3.73. The largest absolute Gasteiger partial charge is 0.296 e. The Morgan fingerprint density at radius 2 is 2.60 bits per heavy atom. The molecule has 1 aromatic rings. The number of halogens is 2. The molecule has 0 aliphatic rings. The van der Waals surface area contributed by atoms with Crippen molar-refractivity contribution in [1.29, 1.82) is 0 Å². The van der Waals surface area contributed by atoms with Gasteiger partial charge in [-0.25, -0.2) is 8.96 Å². The van der Waals surface area contributed by atoms with Crippen molar-refractivity contribution < 1.29 is 8.68 Å². The predicted molar refractivity (Wildman–Crippen MR) is 39.4 cm³/mol. The first kappa shape index (κ1) is 7.74. The average Bonchev–Trinajstić information content (AvgIpc) is 2.30. The van der Waals surface area contributed by atoms with Crippen molar-refractivity contribution in [3.63, 3.8) is 0 Å². The lowest BCUT2D eigenvalue weighted by Gasteiger charge is -1.92. The maximum atomic E-state index is 11.9. The molecule has 1 rings (SSSR count). The zero-order valence-corrected chi connectivity index (χ0v) is 7.02. The number of carbonyl (C=O) groups is 1. The van der Waals surface area contributed by atoms with Gasteiger partial charge in [-0.1, -0.05) is 0 Å². The van der Waals surface area contributed by atoms with E-state index in [1.54, 1.807) is 0 Å². The molecule has 0 saturated heterocycles. The third kappa shape index (κ3) is 1.22. The highest BCUT2D eigenvalue weighted by molar-refractivity contribution is 9.10. The van der Waals surface area contributed by atoms with Gasteiger partial charge in [0.2, 0.25) is 0 Å². The number of hydrogen-bond donors (Lipinski definition) is 0. The summed E-state index contributed by atoms with van der Waals surface area (Å²) in [6.45, 7) is 0. The molecule has 6 heteroatoms. The van der Waals surface area contributed by atoms with Gasteiger partial charge in [0.05, 0.1) is 6.20 Å². The summed E-state index contributed by atoms with van der Waals surface area (Å²) in [6.07, 6.45) is 1.81. The summed E-state index contributed by atoms with van der Waals surface area (Å²) in [5.74, 6) is 0. The molecule has 3 nitrogen and oxygen atoms in total. The van der Waals surface area contributed by atoms with Crippen LogP contribution in [0.25, 0.3) is 0 Å². The number of rotatable bonds is 2. The molecule has 0 bridgehead atoms. The minimum atomic E-state index is -0.0707. The van der Waals surface area contributed by atoms with Crippen molar-refractivity contribution in [1.82, 2.24) is 8.96 Å². The van der Waals surface area contributed by atoms with Crippen LogP contribution in [0.15, 0.2) is 10.9 Å². The van der Waals surface area contributed by atoms with Gasteiger partial charge < -0.3 is 0 Å². The van der Waals surface area contributed by atoms with E-state index in [9.17, 15) is 8.68 Å². The topological polar surface area (TPSA) is 34.9 Å². The Balaban J connectivity index is 3.12. The Labute approximate surface area is 69.2 Å². The van der Waals surface area contributed by atoms with E-state index < -0.39 is 0 Å². The maximum absolute atomic E-state index is 11.9. The van der Waals surface area contributed by atoms with Gasteiger partial charge in [0.15, 0.2) is 23.4 Å². The molecular formula is C4H2BrFN2OS. The molecule has 0 N–H and O–H groups in total. The number of aromatic nitrogens is 2. The van der Waals surface area contributed by atoms with Crippen molar-refractivity contribution >= 4 is 34.5 Å². The van der Waals surface area contributed by atoms with Crippen LogP contribution in [0.5, 0.6) is 0 Å². The number of nitrogens with zero attached hydrogens (tertiary/aromatic N) is 2. The minimum Gasteiger partial charge on any atom is -0.296 e. The van der Waals surface area contributed by atoms with Crippen LogP contribution in [0.1, 0.15) is 10.5 Å². The normalized spacial score (nSPS) is 9.80.